The van der Waals surface area contributed by atoms with Gasteiger partial charge in [0.25, 0.3) is 0 Å². The van der Waals surface area contributed by atoms with Crippen LogP contribution in [-0.2, 0) is 0 Å². The first-order valence-electron chi connectivity index (χ1n) is 8.09. The second-order valence-corrected chi connectivity index (χ2v) is 7.06. The van der Waals surface area contributed by atoms with E-state index in [1.807, 2.05) is 12.1 Å². The number of nitrogens with zero attached hydrogens (tertiary/aromatic N) is 1. The zero-order valence-corrected chi connectivity index (χ0v) is 13.7. The van der Waals surface area contributed by atoms with Crippen molar-refractivity contribution >= 4 is 0 Å². The summed E-state index contributed by atoms with van der Waals surface area (Å²) in [6.07, 6.45) is 4.30. The molecule has 0 N–H and O–H groups in total. The van der Waals surface area contributed by atoms with Crippen molar-refractivity contribution in [2.45, 2.75) is 59.5 Å². The van der Waals surface area contributed by atoms with Gasteiger partial charge in [0.05, 0.1) is 12.0 Å². The molecule has 1 aliphatic rings. The van der Waals surface area contributed by atoms with Gasteiger partial charge in [-0.1, -0.05) is 39.3 Å². The Kier molecular flexibility index (Phi) is 4.93. The van der Waals surface area contributed by atoms with Crippen molar-refractivity contribution in [2.24, 2.45) is 17.3 Å². The van der Waals surface area contributed by atoms with Crippen molar-refractivity contribution in [3.8, 4) is 11.8 Å². The molecule has 0 aromatic heterocycles. The van der Waals surface area contributed by atoms with Gasteiger partial charge >= 0.3 is 0 Å². The van der Waals surface area contributed by atoms with Gasteiger partial charge in [-0.05, 0) is 55.2 Å². The molecule has 0 heterocycles. The van der Waals surface area contributed by atoms with Crippen LogP contribution >= 0.6 is 0 Å². The minimum Gasteiger partial charge on any atom is -0.489 e. The normalized spacial score (nSPS) is 26.1. The van der Waals surface area contributed by atoms with E-state index in [4.69, 9.17) is 4.74 Å². The smallest absolute Gasteiger partial charge is 0.120 e. The van der Waals surface area contributed by atoms with E-state index in [1.165, 1.54) is 12.0 Å². The lowest BCUT2D eigenvalue weighted by Gasteiger charge is -2.41. The highest BCUT2D eigenvalue weighted by Crippen LogP contribution is 2.43. The summed E-state index contributed by atoms with van der Waals surface area (Å²) in [6.45, 7) is 9.01. The molecule has 2 rings (SSSR count). The second-order valence-electron chi connectivity index (χ2n) is 7.06. The Morgan fingerprint density at radius 1 is 1.33 bits per heavy atom. The quantitative estimate of drug-likeness (QED) is 0.769. The highest BCUT2D eigenvalue weighted by atomic mass is 16.5. The number of hydrogen-bond donors (Lipinski definition) is 0. The third-order valence-electron chi connectivity index (χ3n) is 5.25. The molecule has 2 nitrogen and oxygen atoms in total. The summed E-state index contributed by atoms with van der Waals surface area (Å²) in [6, 6.07) is 10.6. The van der Waals surface area contributed by atoms with E-state index >= 15 is 0 Å². The summed E-state index contributed by atoms with van der Waals surface area (Å²) in [5.41, 5.74) is 1.52. The Hall–Kier alpha value is -1.49. The summed E-state index contributed by atoms with van der Waals surface area (Å²) in [5.74, 6) is 1.56. The molecule has 0 aliphatic heterocycles. The lowest BCUT2D eigenvalue weighted by molar-refractivity contribution is 0.0409. The Balaban J connectivity index is 2.12. The van der Waals surface area contributed by atoms with Crippen LogP contribution in [0.1, 0.15) is 52.0 Å². The van der Waals surface area contributed by atoms with Crippen molar-refractivity contribution in [1.82, 2.24) is 0 Å². The van der Waals surface area contributed by atoms with Crippen LogP contribution in [0.4, 0.5) is 0 Å². The number of ether oxygens (including phenoxy) is 1. The lowest BCUT2D eigenvalue weighted by Crippen LogP contribution is -2.38. The van der Waals surface area contributed by atoms with Crippen molar-refractivity contribution in [3.05, 3.63) is 29.8 Å². The monoisotopic (exact) mass is 285 g/mol. The molecule has 21 heavy (non-hydrogen) atoms. The summed E-state index contributed by atoms with van der Waals surface area (Å²) in [4.78, 5) is 0. The minimum atomic E-state index is 0.0226. The molecule has 1 aromatic carbocycles. The van der Waals surface area contributed by atoms with Crippen LogP contribution in [0.25, 0.3) is 0 Å². The summed E-state index contributed by atoms with van der Waals surface area (Å²) >= 11 is 0. The Morgan fingerprint density at radius 3 is 2.71 bits per heavy atom. The minimum absolute atomic E-state index is 0.0226. The standard InChI is InChI=1S/C19H27NO/c1-5-19(3,4)16-10-9-15(13-20)18(12-16)21-17-8-6-7-14(2)11-17/h6-8,11,15-16,18H,5,9-10,12H2,1-4H3. The van der Waals surface area contributed by atoms with Crippen LogP contribution in [0.15, 0.2) is 24.3 Å². The molecule has 3 atom stereocenters. The largest absolute Gasteiger partial charge is 0.489 e. The molecule has 2 heteroatoms. The first-order valence-corrected chi connectivity index (χ1v) is 8.09. The lowest BCUT2D eigenvalue weighted by atomic mass is 9.67. The van der Waals surface area contributed by atoms with Crippen molar-refractivity contribution in [3.63, 3.8) is 0 Å². The molecule has 1 aliphatic carbocycles. The maximum Gasteiger partial charge on any atom is 0.120 e. The van der Waals surface area contributed by atoms with E-state index in [0.29, 0.717) is 11.3 Å². The number of benzene rings is 1. The molecule has 114 valence electrons. The zero-order valence-electron chi connectivity index (χ0n) is 13.7. The van der Waals surface area contributed by atoms with E-state index in [0.717, 1.165) is 25.0 Å². The fourth-order valence-corrected chi connectivity index (χ4v) is 3.27. The number of rotatable bonds is 4. The van der Waals surface area contributed by atoms with Crippen LogP contribution in [-0.4, -0.2) is 6.10 Å². The molecule has 1 aromatic rings. The van der Waals surface area contributed by atoms with E-state index in [1.54, 1.807) is 0 Å². The van der Waals surface area contributed by atoms with Crippen molar-refractivity contribution < 1.29 is 4.74 Å². The fourth-order valence-electron chi connectivity index (χ4n) is 3.27. The summed E-state index contributed by atoms with van der Waals surface area (Å²) in [7, 11) is 0. The molecule has 0 amide bonds. The van der Waals surface area contributed by atoms with Gasteiger partial charge < -0.3 is 4.74 Å². The van der Waals surface area contributed by atoms with E-state index in [-0.39, 0.29) is 12.0 Å². The van der Waals surface area contributed by atoms with Crippen LogP contribution in [0, 0.1) is 35.5 Å². The molecule has 1 saturated carbocycles. The Bertz CT molecular complexity index is 515. The average molecular weight is 285 g/mol. The molecule has 0 spiro atoms. The molecular formula is C19H27NO. The number of hydrogen-bond acceptors (Lipinski definition) is 2. The van der Waals surface area contributed by atoms with Gasteiger partial charge in [0, 0.05) is 0 Å². The first-order chi connectivity index (χ1) is 9.96. The Labute approximate surface area is 129 Å². The number of nitriles is 1. The van der Waals surface area contributed by atoms with Gasteiger partial charge in [-0.2, -0.15) is 5.26 Å². The topological polar surface area (TPSA) is 33.0 Å². The van der Waals surface area contributed by atoms with E-state index in [9.17, 15) is 5.26 Å². The highest BCUT2D eigenvalue weighted by molar-refractivity contribution is 5.27. The molecule has 0 radical (unpaired) electrons. The average Bonchev–Trinajstić information content (AvgIpc) is 2.47. The van der Waals surface area contributed by atoms with Gasteiger partial charge in [-0.15, -0.1) is 0 Å². The van der Waals surface area contributed by atoms with Crippen LogP contribution < -0.4 is 4.74 Å². The molecule has 3 unspecified atom stereocenters. The highest BCUT2D eigenvalue weighted by Gasteiger charge is 2.38. The summed E-state index contributed by atoms with van der Waals surface area (Å²) in [5, 5.41) is 9.41. The van der Waals surface area contributed by atoms with Crippen molar-refractivity contribution in [2.75, 3.05) is 0 Å². The molecule has 0 saturated heterocycles. The van der Waals surface area contributed by atoms with E-state index < -0.39 is 0 Å². The molecule has 1 fully saturated rings. The predicted molar refractivity (Wildman–Crippen MR) is 86.1 cm³/mol. The first kappa shape index (κ1) is 15.9. The maximum absolute atomic E-state index is 9.41. The van der Waals surface area contributed by atoms with Gasteiger partial charge in [-0.3, -0.25) is 0 Å². The summed E-state index contributed by atoms with van der Waals surface area (Å²) < 4.78 is 6.19. The third-order valence-corrected chi connectivity index (χ3v) is 5.25. The third kappa shape index (κ3) is 3.79. The van der Waals surface area contributed by atoms with Gasteiger partial charge in [0.15, 0.2) is 0 Å². The molecular weight excluding hydrogens is 258 g/mol. The van der Waals surface area contributed by atoms with Crippen molar-refractivity contribution in [1.29, 1.82) is 5.26 Å². The van der Waals surface area contributed by atoms with Gasteiger partial charge in [0.2, 0.25) is 0 Å². The van der Waals surface area contributed by atoms with Gasteiger partial charge in [0.1, 0.15) is 11.9 Å². The van der Waals surface area contributed by atoms with Crippen LogP contribution in [0.5, 0.6) is 5.75 Å². The zero-order chi connectivity index (χ0) is 15.5. The molecule has 0 bridgehead atoms. The fraction of sp³-hybridized carbons (Fsp3) is 0.632. The predicted octanol–water partition coefficient (Wildman–Crippen LogP) is 5.12. The maximum atomic E-state index is 9.41. The van der Waals surface area contributed by atoms with Crippen LogP contribution in [0.3, 0.4) is 0 Å². The van der Waals surface area contributed by atoms with Crippen LogP contribution in [0.2, 0.25) is 0 Å². The second kappa shape index (κ2) is 6.52. The van der Waals surface area contributed by atoms with Gasteiger partial charge in [-0.25, -0.2) is 0 Å². The Morgan fingerprint density at radius 2 is 2.10 bits per heavy atom. The SMILES string of the molecule is CCC(C)(C)C1CCC(C#N)C(Oc2cccc(C)c2)C1. The van der Waals surface area contributed by atoms with E-state index in [2.05, 4.69) is 45.9 Å². The number of aryl methyl sites for hydroxylation is 1.